The Bertz CT molecular complexity index is 714. The molecule has 6 nitrogen and oxygen atoms in total. The minimum atomic E-state index is -0.309. The molecule has 25 heavy (non-hydrogen) atoms. The van der Waals surface area contributed by atoms with Crippen LogP contribution in [0, 0.1) is 0 Å². The highest BCUT2D eigenvalue weighted by molar-refractivity contribution is 5.77. The Morgan fingerprint density at radius 1 is 1.16 bits per heavy atom. The molecule has 0 atom stereocenters. The van der Waals surface area contributed by atoms with E-state index in [-0.39, 0.29) is 19.1 Å². The van der Waals surface area contributed by atoms with Gasteiger partial charge in [0.05, 0.1) is 13.7 Å². The van der Waals surface area contributed by atoms with Crippen LogP contribution in [0.15, 0.2) is 49.0 Å². The molecule has 0 bridgehead atoms. The van der Waals surface area contributed by atoms with Crippen LogP contribution in [-0.2, 0) is 17.9 Å². The van der Waals surface area contributed by atoms with Crippen LogP contribution in [0.2, 0.25) is 0 Å². The van der Waals surface area contributed by atoms with E-state index < -0.39 is 0 Å². The predicted molar refractivity (Wildman–Crippen MR) is 95.9 cm³/mol. The number of hydrogen-bond donors (Lipinski definition) is 3. The van der Waals surface area contributed by atoms with Gasteiger partial charge >= 0.3 is 0 Å². The van der Waals surface area contributed by atoms with E-state index in [1.54, 1.807) is 24.3 Å². The number of rotatable bonds is 9. The average Bonchev–Trinajstić information content (AvgIpc) is 2.66. The summed E-state index contributed by atoms with van der Waals surface area (Å²) in [7, 11) is 1.50. The van der Waals surface area contributed by atoms with Gasteiger partial charge in [0.15, 0.2) is 18.1 Å². The molecule has 0 saturated carbocycles. The van der Waals surface area contributed by atoms with Gasteiger partial charge in [0.2, 0.25) is 0 Å². The van der Waals surface area contributed by atoms with E-state index in [4.69, 9.17) is 14.6 Å². The average molecular weight is 342 g/mol. The molecule has 0 heterocycles. The first-order chi connectivity index (χ1) is 12.2. The SMILES string of the molecule is C=Cc1ccc(CNNC(=O)COc2ccc(CO)cc2OC)cc1. The summed E-state index contributed by atoms with van der Waals surface area (Å²) in [5, 5.41) is 9.11. The van der Waals surface area contributed by atoms with Gasteiger partial charge in [0, 0.05) is 6.54 Å². The molecular weight excluding hydrogens is 320 g/mol. The minimum absolute atomic E-state index is 0.0885. The van der Waals surface area contributed by atoms with Gasteiger partial charge in [-0.2, -0.15) is 0 Å². The quantitative estimate of drug-likeness (QED) is 0.608. The Morgan fingerprint density at radius 3 is 2.52 bits per heavy atom. The van der Waals surface area contributed by atoms with Crippen LogP contribution in [-0.4, -0.2) is 24.7 Å². The summed E-state index contributed by atoms with van der Waals surface area (Å²) in [6, 6.07) is 12.9. The highest BCUT2D eigenvalue weighted by Gasteiger charge is 2.08. The lowest BCUT2D eigenvalue weighted by molar-refractivity contribution is -0.124. The minimum Gasteiger partial charge on any atom is -0.493 e. The molecule has 0 aromatic heterocycles. The maximum Gasteiger partial charge on any atom is 0.271 e. The predicted octanol–water partition coefficient (Wildman–Crippen LogP) is 2.03. The Labute approximate surface area is 147 Å². The number of methoxy groups -OCH3 is 1. The molecule has 0 spiro atoms. The van der Waals surface area contributed by atoms with Crippen molar-refractivity contribution >= 4 is 12.0 Å². The van der Waals surface area contributed by atoms with Crippen molar-refractivity contribution in [2.45, 2.75) is 13.2 Å². The van der Waals surface area contributed by atoms with E-state index in [9.17, 15) is 4.79 Å². The third kappa shape index (κ3) is 5.63. The van der Waals surface area contributed by atoms with E-state index in [2.05, 4.69) is 17.4 Å². The smallest absolute Gasteiger partial charge is 0.271 e. The van der Waals surface area contributed by atoms with Crippen molar-refractivity contribution in [3.8, 4) is 11.5 Å². The van der Waals surface area contributed by atoms with Gasteiger partial charge in [0.1, 0.15) is 0 Å². The number of hydrazine groups is 1. The first-order valence-electron chi connectivity index (χ1n) is 7.80. The topological polar surface area (TPSA) is 79.8 Å². The van der Waals surface area contributed by atoms with Gasteiger partial charge in [-0.25, -0.2) is 5.43 Å². The highest BCUT2D eigenvalue weighted by Crippen LogP contribution is 2.27. The number of hydrogen-bond acceptors (Lipinski definition) is 5. The fourth-order valence-corrected chi connectivity index (χ4v) is 2.13. The van der Waals surface area contributed by atoms with Crippen LogP contribution < -0.4 is 20.3 Å². The second kappa shape index (κ2) is 9.46. The molecule has 0 aliphatic heterocycles. The summed E-state index contributed by atoms with van der Waals surface area (Å²) in [5.41, 5.74) is 8.21. The molecule has 0 unspecified atom stereocenters. The number of benzene rings is 2. The summed E-state index contributed by atoms with van der Waals surface area (Å²) in [4.78, 5) is 11.8. The molecule has 0 saturated heterocycles. The van der Waals surface area contributed by atoms with Gasteiger partial charge in [-0.1, -0.05) is 43.0 Å². The second-order valence-electron chi connectivity index (χ2n) is 5.28. The van der Waals surface area contributed by atoms with E-state index in [1.807, 2.05) is 24.3 Å². The zero-order chi connectivity index (χ0) is 18.1. The van der Waals surface area contributed by atoms with Crippen molar-refractivity contribution in [2.75, 3.05) is 13.7 Å². The lowest BCUT2D eigenvalue weighted by Crippen LogP contribution is -2.39. The molecule has 0 aliphatic rings. The maximum absolute atomic E-state index is 11.8. The molecule has 2 rings (SSSR count). The molecule has 6 heteroatoms. The Hall–Kier alpha value is -2.83. The van der Waals surface area contributed by atoms with E-state index in [1.165, 1.54) is 7.11 Å². The fraction of sp³-hybridized carbons (Fsp3) is 0.211. The highest BCUT2D eigenvalue weighted by atomic mass is 16.5. The van der Waals surface area contributed by atoms with E-state index in [0.717, 1.165) is 11.1 Å². The zero-order valence-corrected chi connectivity index (χ0v) is 14.1. The van der Waals surface area contributed by atoms with Gasteiger partial charge in [-0.3, -0.25) is 10.2 Å². The summed E-state index contributed by atoms with van der Waals surface area (Å²) < 4.78 is 10.6. The van der Waals surface area contributed by atoms with Crippen LogP contribution in [0.1, 0.15) is 16.7 Å². The van der Waals surface area contributed by atoms with Gasteiger partial charge in [0.25, 0.3) is 5.91 Å². The van der Waals surface area contributed by atoms with Crippen LogP contribution in [0.25, 0.3) is 6.08 Å². The fourth-order valence-electron chi connectivity index (χ4n) is 2.13. The van der Waals surface area contributed by atoms with Crippen LogP contribution in [0.4, 0.5) is 0 Å². The van der Waals surface area contributed by atoms with Crippen molar-refractivity contribution in [3.63, 3.8) is 0 Å². The van der Waals surface area contributed by atoms with E-state index in [0.29, 0.717) is 23.6 Å². The molecule has 0 radical (unpaired) electrons. The summed E-state index contributed by atoms with van der Waals surface area (Å²) in [5.74, 6) is 0.598. The number of ether oxygens (including phenoxy) is 2. The molecule has 3 N–H and O–H groups in total. The number of carbonyl (C=O) groups is 1. The molecule has 0 fully saturated rings. The molecule has 0 aliphatic carbocycles. The zero-order valence-electron chi connectivity index (χ0n) is 14.1. The number of aliphatic hydroxyl groups is 1. The summed E-state index contributed by atoms with van der Waals surface area (Å²) in [6.45, 7) is 3.96. The van der Waals surface area contributed by atoms with Crippen molar-refractivity contribution in [1.82, 2.24) is 10.9 Å². The van der Waals surface area contributed by atoms with Gasteiger partial charge in [-0.05, 0) is 28.8 Å². The first-order valence-corrected chi connectivity index (χ1v) is 7.80. The number of carbonyl (C=O) groups excluding carboxylic acids is 1. The van der Waals surface area contributed by atoms with Crippen molar-refractivity contribution < 1.29 is 19.4 Å². The number of amides is 1. The third-order valence-corrected chi connectivity index (χ3v) is 3.51. The Morgan fingerprint density at radius 2 is 1.88 bits per heavy atom. The lowest BCUT2D eigenvalue weighted by atomic mass is 10.1. The monoisotopic (exact) mass is 342 g/mol. The Balaban J connectivity index is 1.77. The van der Waals surface area contributed by atoms with Gasteiger partial charge in [-0.15, -0.1) is 0 Å². The molecule has 132 valence electrons. The van der Waals surface area contributed by atoms with Crippen molar-refractivity contribution in [1.29, 1.82) is 0 Å². The summed E-state index contributed by atoms with van der Waals surface area (Å²) >= 11 is 0. The third-order valence-electron chi connectivity index (χ3n) is 3.51. The largest absolute Gasteiger partial charge is 0.493 e. The van der Waals surface area contributed by atoms with Crippen LogP contribution in [0.3, 0.4) is 0 Å². The van der Waals surface area contributed by atoms with Crippen LogP contribution >= 0.6 is 0 Å². The molecule has 1 amide bonds. The first kappa shape index (κ1) is 18.5. The standard InChI is InChI=1S/C19H22N2O4/c1-3-14-4-6-15(7-5-14)11-20-21-19(23)13-25-17-9-8-16(12-22)10-18(17)24-2/h3-10,20,22H,1,11-13H2,2H3,(H,21,23). The van der Waals surface area contributed by atoms with Crippen molar-refractivity contribution in [3.05, 3.63) is 65.7 Å². The molecule has 2 aromatic carbocycles. The van der Waals surface area contributed by atoms with E-state index >= 15 is 0 Å². The van der Waals surface area contributed by atoms with Crippen molar-refractivity contribution in [2.24, 2.45) is 0 Å². The Kier molecular flexibility index (Phi) is 7.00. The normalized spacial score (nSPS) is 10.2. The molecule has 2 aromatic rings. The van der Waals surface area contributed by atoms with Gasteiger partial charge < -0.3 is 14.6 Å². The molecular formula is C19H22N2O4. The second-order valence-corrected chi connectivity index (χ2v) is 5.28. The number of aliphatic hydroxyl groups excluding tert-OH is 1. The number of nitrogens with one attached hydrogen (secondary N) is 2. The maximum atomic E-state index is 11.8. The summed E-state index contributed by atoms with van der Waals surface area (Å²) in [6.07, 6.45) is 1.78. The van der Waals surface area contributed by atoms with Crippen LogP contribution in [0.5, 0.6) is 11.5 Å². The lowest BCUT2D eigenvalue weighted by Gasteiger charge is -2.12.